The summed E-state index contributed by atoms with van der Waals surface area (Å²) in [7, 11) is 1.61. The van der Waals surface area contributed by atoms with Crippen molar-refractivity contribution in [1.29, 1.82) is 0 Å². The first-order valence-corrected chi connectivity index (χ1v) is 7.56. The highest BCUT2D eigenvalue weighted by molar-refractivity contribution is 5.95. The molecule has 0 aromatic heterocycles. The van der Waals surface area contributed by atoms with Crippen molar-refractivity contribution in [2.45, 2.75) is 19.9 Å². The molecule has 0 saturated carbocycles. The highest BCUT2D eigenvalue weighted by Gasteiger charge is 2.25. The van der Waals surface area contributed by atoms with Crippen LogP contribution >= 0.6 is 0 Å². The summed E-state index contributed by atoms with van der Waals surface area (Å²) in [5.74, 6) is 0.707. The second kappa shape index (κ2) is 7.43. The van der Waals surface area contributed by atoms with Gasteiger partial charge in [0.2, 0.25) is 5.91 Å². The van der Waals surface area contributed by atoms with Gasteiger partial charge in [0.1, 0.15) is 5.75 Å². The zero-order valence-corrected chi connectivity index (χ0v) is 13.1. The Labute approximate surface area is 126 Å². The van der Waals surface area contributed by atoms with Crippen LogP contribution in [0.4, 0.5) is 5.69 Å². The molecular formula is C16H25N3O2. The molecule has 1 aromatic rings. The lowest BCUT2D eigenvalue weighted by atomic mass is 10.2. The normalized spacial score (nSPS) is 18.2. The maximum atomic E-state index is 12.4. The number of anilines is 1. The van der Waals surface area contributed by atoms with Gasteiger partial charge in [0.25, 0.3) is 0 Å². The predicted molar refractivity (Wildman–Crippen MR) is 84.8 cm³/mol. The van der Waals surface area contributed by atoms with E-state index in [4.69, 9.17) is 4.74 Å². The van der Waals surface area contributed by atoms with Crippen LogP contribution in [0.5, 0.6) is 5.75 Å². The molecular weight excluding hydrogens is 266 g/mol. The fourth-order valence-electron chi connectivity index (χ4n) is 2.62. The summed E-state index contributed by atoms with van der Waals surface area (Å²) >= 11 is 0. The minimum Gasteiger partial charge on any atom is -0.495 e. The molecule has 5 nitrogen and oxygen atoms in total. The number of piperazine rings is 1. The van der Waals surface area contributed by atoms with Gasteiger partial charge in [-0.2, -0.15) is 0 Å². The molecule has 0 spiro atoms. The van der Waals surface area contributed by atoms with E-state index in [1.165, 1.54) is 0 Å². The van der Waals surface area contributed by atoms with Crippen molar-refractivity contribution in [2.24, 2.45) is 0 Å². The van der Waals surface area contributed by atoms with E-state index in [-0.39, 0.29) is 11.9 Å². The summed E-state index contributed by atoms with van der Waals surface area (Å²) in [6.45, 7) is 9.16. The molecule has 116 valence electrons. The number of amides is 1. The molecule has 5 heteroatoms. The lowest BCUT2D eigenvalue weighted by molar-refractivity contribution is -0.121. The third kappa shape index (κ3) is 3.95. The van der Waals surface area contributed by atoms with Crippen LogP contribution in [-0.2, 0) is 4.79 Å². The largest absolute Gasteiger partial charge is 0.495 e. The van der Waals surface area contributed by atoms with Crippen LogP contribution in [0.25, 0.3) is 0 Å². The van der Waals surface area contributed by atoms with Crippen molar-refractivity contribution in [3.63, 3.8) is 0 Å². The molecule has 0 aliphatic carbocycles. The Bertz CT molecular complexity index is 470. The van der Waals surface area contributed by atoms with E-state index in [1.807, 2.05) is 31.2 Å². The topological polar surface area (TPSA) is 44.8 Å². The Morgan fingerprint density at radius 3 is 2.57 bits per heavy atom. The molecule has 2 rings (SSSR count). The van der Waals surface area contributed by atoms with Crippen LogP contribution in [0.15, 0.2) is 24.3 Å². The number of carbonyl (C=O) groups excluding carboxylic acids is 1. The number of carbonyl (C=O) groups is 1. The van der Waals surface area contributed by atoms with Gasteiger partial charge in [0.15, 0.2) is 0 Å². The smallest absolute Gasteiger partial charge is 0.241 e. The Hall–Kier alpha value is -1.59. The number of nitrogens with one attached hydrogen (secondary N) is 1. The fourth-order valence-corrected chi connectivity index (χ4v) is 2.62. The van der Waals surface area contributed by atoms with Gasteiger partial charge in [0.05, 0.1) is 18.8 Å². The van der Waals surface area contributed by atoms with E-state index in [0.29, 0.717) is 5.75 Å². The minimum atomic E-state index is -0.131. The van der Waals surface area contributed by atoms with Gasteiger partial charge in [-0.15, -0.1) is 0 Å². The molecule has 0 radical (unpaired) electrons. The van der Waals surface area contributed by atoms with Crippen LogP contribution in [0.1, 0.15) is 13.8 Å². The van der Waals surface area contributed by atoms with Crippen molar-refractivity contribution in [2.75, 3.05) is 45.2 Å². The van der Waals surface area contributed by atoms with Crippen LogP contribution in [0, 0.1) is 0 Å². The third-order valence-corrected chi connectivity index (χ3v) is 4.15. The van der Waals surface area contributed by atoms with Crippen LogP contribution in [-0.4, -0.2) is 61.6 Å². The van der Waals surface area contributed by atoms with Crippen LogP contribution < -0.4 is 10.1 Å². The molecule has 0 bridgehead atoms. The number of likely N-dealkylation sites (N-methyl/N-ethyl adjacent to an activating group) is 1. The maximum Gasteiger partial charge on any atom is 0.241 e. The number of benzene rings is 1. The SMILES string of the molecule is CCN1CCN(C(C)C(=O)Nc2ccccc2OC)CC1. The van der Waals surface area contributed by atoms with Crippen molar-refractivity contribution in [3.05, 3.63) is 24.3 Å². The summed E-state index contributed by atoms with van der Waals surface area (Å²) in [5, 5.41) is 2.96. The first-order valence-electron chi connectivity index (χ1n) is 7.56. The van der Waals surface area contributed by atoms with Gasteiger partial charge in [-0.25, -0.2) is 0 Å². The summed E-state index contributed by atoms with van der Waals surface area (Å²) in [5.41, 5.74) is 0.726. The fraction of sp³-hybridized carbons (Fsp3) is 0.562. The van der Waals surface area contributed by atoms with Gasteiger partial charge in [0, 0.05) is 26.2 Å². The summed E-state index contributed by atoms with van der Waals surface area (Å²) in [6, 6.07) is 7.36. The van der Waals surface area contributed by atoms with Gasteiger partial charge in [-0.05, 0) is 25.6 Å². The Morgan fingerprint density at radius 2 is 1.95 bits per heavy atom. The Balaban J connectivity index is 1.94. The number of hydrogen-bond acceptors (Lipinski definition) is 4. The lowest BCUT2D eigenvalue weighted by Crippen LogP contribution is -2.52. The van der Waals surface area contributed by atoms with Gasteiger partial charge in [-0.3, -0.25) is 9.69 Å². The zero-order valence-electron chi connectivity index (χ0n) is 13.1. The van der Waals surface area contributed by atoms with Crippen LogP contribution in [0.3, 0.4) is 0 Å². The number of hydrogen-bond donors (Lipinski definition) is 1. The number of ether oxygens (including phenoxy) is 1. The van der Waals surface area contributed by atoms with Crippen molar-refractivity contribution >= 4 is 11.6 Å². The van der Waals surface area contributed by atoms with E-state index < -0.39 is 0 Å². The molecule has 1 aliphatic rings. The minimum absolute atomic E-state index is 0.0180. The van der Waals surface area contributed by atoms with Crippen LogP contribution in [0.2, 0.25) is 0 Å². The molecule has 1 aromatic carbocycles. The van der Waals surface area contributed by atoms with Gasteiger partial charge in [-0.1, -0.05) is 19.1 Å². The Morgan fingerprint density at radius 1 is 1.29 bits per heavy atom. The van der Waals surface area contributed by atoms with Gasteiger partial charge >= 0.3 is 0 Å². The summed E-state index contributed by atoms with van der Waals surface area (Å²) < 4.78 is 5.27. The van der Waals surface area contributed by atoms with Gasteiger partial charge < -0.3 is 15.0 Å². The Kier molecular flexibility index (Phi) is 5.59. The van der Waals surface area contributed by atoms with E-state index >= 15 is 0 Å². The molecule has 1 heterocycles. The van der Waals surface area contributed by atoms with E-state index in [9.17, 15) is 4.79 Å². The summed E-state index contributed by atoms with van der Waals surface area (Å²) in [6.07, 6.45) is 0. The lowest BCUT2D eigenvalue weighted by Gasteiger charge is -2.36. The second-order valence-corrected chi connectivity index (χ2v) is 5.34. The molecule has 21 heavy (non-hydrogen) atoms. The summed E-state index contributed by atoms with van der Waals surface area (Å²) in [4.78, 5) is 17.0. The molecule has 1 unspecified atom stereocenters. The maximum absolute atomic E-state index is 12.4. The monoisotopic (exact) mass is 291 g/mol. The predicted octanol–water partition coefficient (Wildman–Crippen LogP) is 1.66. The number of nitrogens with zero attached hydrogens (tertiary/aromatic N) is 2. The standard InChI is InChI=1S/C16H25N3O2/c1-4-18-9-11-19(12-10-18)13(2)16(20)17-14-7-5-6-8-15(14)21-3/h5-8,13H,4,9-12H2,1-3H3,(H,17,20). The van der Waals surface area contributed by atoms with Crippen molar-refractivity contribution < 1.29 is 9.53 Å². The highest BCUT2D eigenvalue weighted by Crippen LogP contribution is 2.23. The number of methoxy groups -OCH3 is 1. The first kappa shape index (κ1) is 15.8. The number of rotatable bonds is 5. The molecule has 1 N–H and O–H groups in total. The number of para-hydroxylation sites is 2. The third-order valence-electron chi connectivity index (χ3n) is 4.15. The van der Waals surface area contributed by atoms with E-state index in [1.54, 1.807) is 7.11 Å². The second-order valence-electron chi connectivity index (χ2n) is 5.34. The first-order chi connectivity index (χ1) is 10.2. The van der Waals surface area contributed by atoms with Crippen molar-refractivity contribution in [1.82, 2.24) is 9.80 Å². The quantitative estimate of drug-likeness (QED) is 0.896. The highest BCUT2D eigenvalue weighted by atomic mass is 16.5. The molecule has 1 fully saturated rings. The average molecular weight is 291 g/mol. The molecule has 1 atom stereocenters. The molecule has 1 saturated heterocycles. The van der Waals surface area contributed by atoms with Crippen molar-refractivity contribution in [3.8, 4) is 5.75 Å². The molecule has 1 amide bonds. The van der Waals surface area contributed by atoms with E-state index in [2.05, 4.69) is 22.0 Å². The molecule has 1 aliphatic heterocycles. The van der Waals surface area contributed by atoms with E-state index in [0.717, 1.165) is 38.4 Å². The zero-order chi connectivity index (χ0) is 15.2. The average Bonchev–Trinajstić information content (AvgIpc) is 2.54.